The molecule has 1 aromatic rings. The Balaban J connectivity index is 2.29. The molecule has 1 aromatic carbocycles. The van der Waals surface area contributed by atoms with Crippen molar-refractivity contribution in [1.29, 1.82) is 0 Å². The van der Waals surface area contributed by atoms with Gasteiger partial charge >= 0.3 is 5.97 Å². The number of unbranched alkanes of at least 4 members (excludes halogenated alkanes) is 1. The lowest BCUT2D eigenvalue weighted by atomic mass is 10.2. The van der Waals surface area contributed by atoms with Crippen LogP contribution in [0.4, 0.5) is 0 Å². The highest BCUT2D eigenvalue weighted by atomic mass is 16.5. The molecule has 0 aromatic heterocycles. The maximum atomic E-state index is 10.6. The van der Waals surface area contributed by atoms with E-state index in [0.717, 1.165) is 25.1 Å². The van der Waals surface area contributed by atoms with Crippen molar-refractivity contribution in [2.75, 3.05) is 20.2 Å². The van der Waals surface area contributed by atoms with Crippen LogP contribution in [0.1, 0.15) is 23.2 Å². The molecule has 4 heteroatoms. The summed E-state index contributed by atoms with van der Waals surface area (Å²) in [7, 11) is 1.92. The van der Waals surface area contributed by atoms with E-state index in [1.807, 2.05) is 7.05 Å². The number of carboxylic acid groups (broad SMARTS) is 1. The first-order valence-corrected chi connectivity index (χ1v) is 5.35. The molecule has 0 atom stereocenters. The summed E-state index contributed by atoms with van der Waals surface area (Å²) in [6.45, 7) is 1.65. The van der Waals surface area contributed by atoms with Gasteiger partial charge in [0.05, 0.1) is 12.2 Å². The van der Waals surface area contributed by atoms with Crippen molar-refractivity contribution in [2.45, 2.75) is 12.8 Å². The maximum Gasteiger partial charge on any atom is 0.335 e. The molecule has 0 aliphatic heterocycles. The van der Waals surface area contributed by atoms with Gasteiger partial charge in [0.15, 0.2) is 0 Å². The summed E-state index contributed by atoms with van der Waals surface area (Å²) >= 11 is 0. The first-order valence-electron chi connectivity index (χ1n) is 5.35. The first kappa shape index (κ1) is 12.5. The van der Waals surface area contributed by atoms with Gasteiger partial charge in [-0.2, -0.15) is 0 Å². The zero-order chi connectivity index (χ0) is 11.8. The minimum atomic E-state index is -0.916. The van der Waals surface area contributed by atoms with Gasteiger partial charge in [-0.05, 0) is 50.7 Å². The summed E-state index contributed by atoms with van der Waals surface area (Å²) in [5.74, 6) is -0.199. The highest BCUT2D eigenvalue weighted by molar-refractivity contribution is 5.87. The molecule has 2 N–H and O–H groups in total. The first-order chi connectivity index (χ1) is 7.74. The molecule has 0 radical (unpaired) electrons. The molecular formula is C12H17NO3. The number of rotatable bonds is 7. The van der Waals surface area contributed by atoms with E-state index in [1.165, 1.54) is 0 Å². The fourth-order valence-electron chi connectivity index (χ4n) is 1.29. The van der Waals surface area contributed by atoms with Gasteiger partial charge in [0, 0.05) is 0 Å². The van der Waals surface area contributed by atoms with Crippen LogP contribution in [0.15, 0.2) is 24.3 Å². The van der Waals surface area contributed by atoms with Crippen LogP contribution in [-0.4, -0.2) is 31.3 Å². The van der Waals surface area contributed by atoms with Gasteiger partial charge in [-0.3, -0.25) is 0 Å². The predicted octanol–water partition coefficient (Wildman–Crippen LogP) is 1.76. The molecule has 88 valence electrons. The van der Waals surface area contributed by atoms with Gasteiger partial charge in [0.1, 0.15) is 5.75 Å². The Morgan fingerprint density at radius 1 is 1.31 bits per heavy atom. The highest BCUT2D eigenvalue weighted by Crippen LogP contribution is 2.12. The van der Waals surface area contributed by atoms with Crippen LogP contribution in [0.25, 0.3) is 0 Å². The number of benzene rings is 1. The van der Waals surface area contributed by atoms with E-state index < -0.39 is 5.97 Å². The van der Waals surface area contributed by atoms with Crippen LogP contribution in [0.5, 0.6) is 5.75 Å². The van der Waals surface area contributed by atoms with E-state index in [2.05, 4.69) is 5.32 Å². The van der Waals surface area contributed by atoms with Crippen molar-refractivity contribution in [2.24, 2.45) is 0 Å². The third-order valence-electron chi connectivity index (χ3n) is 2.19. The standard InChI is InChI=1S/C12H17NO3/c1-13-8-2-3-9-16-11-6-4-10(5-7-11)12(14)15/h4-7,13H,2-3,8-9H2,1H3,(H,14,15). The lowest BCUT2D eigenvalue weighted by Crippen LogP contribution is -2.09. The molecule has 0 spiro atoms. The maximum absolute atomic E-state index is 10.6. The molecule has 0 unspecified atom stereocenters. The molecule has 1 rings (SSSR count). The van der Waals surface area contributed by atoms with E-state index in [9.17, 15) is 4.79 Å². The summed E-state index contributed by atoms with van der Waals surface area (Å²) in [6, 6.07) is 6.46. The molecule has 4 nitrogen and oxygen atoms in total. The van der Waals surface area contributed by atoms with Gasteiger partial charge in [-0.25, -0.2) is 4.79 Å². The highest BCUT2D eigenvalue weighted by Gasteiger charge is 2.01. The molecule has 0 aliphatic rings. The third-order valence-corrected chi connectivity index (χ3v) is 2.19. The topological polar surface area (TPSA) is 58.6 Å². The molecule has 0 saturated heterocycles. The molecule has 0 aliphatic carbocycles. The smallest absolute Gasteiger partial charge is 0.335 e. The number of aromatic carboxylic acids is 1. The van der Waals surface area contributed by atoms with Gasteiger partial charge in [0.2, 0.25) is 0 Å². The lowest BCUT2D eigenvalue weighted by Gasteiger charge is -2.06. The monoisotopic (exact) mass is 223 g/mol. The fraction of sp³-hybridized carbons (Fsp3) is 0.417. The number of hydrogen-bond acceptors (Lipinski definition) is 3. The van der Waals surface area contributed by atoms with E-state index in [4.69, 9.17) is 9.84 Å². The minimum Gasteiger partial charge on any atom is -0.494 e. The van der Waals surface area contributed by atoms with Crippen LogP contribution >= 0.6 is 0 Å². The van der Waals surface area contributed by atoms with Crippen molar-refractivity contribution < 1.29 is 14.6 Å². The van der Waals surface area contributed by atoms with Crippen molar-refractivity contribution >= 4 is 5.97 Å². The molecule has 0 bridgehead atoms. The van der Waals surface area contributed by atoms with E-state index in [-0.39, 0.29) is 5.56 Å². The molecule has 16 heavy (non-hydrogen) atoms. The van der Waals surface area contributed by atoms with E-state index in [0.29, 0.717) is 6.61 Å². The van der Waals surface area contributed by atoms with Gasteiger partial charge in [0.25, 0.3) is 0 Å². The van der Waals surface area contributed by atoms with Crippen LogP contribution in [-0.2, 0) is 0 Å². The number of ether oxygens (including phenoxy) is 1. The second kappa shape index (κ2) is 6.85. The van der Waals surface area contributed by atoms with Crippen molar-refractivity contribution in [3.8, 4) is 5.75 Å². The predicted molar refractivity (Wildman–Crippen MR) is 62.1 cm³/mol. The zero-order valence-electron chi connectivity index (χ0n) is 9.40. The largest absolute Gasteiger partial charge is 0.494 e. The van der Waals surface area contributed by atoms with Gasteiger partial charge in [-0.1, -0.05) is 0 Å². The van der Waals surface area contributed by atoms with Gasteiger partial charge < -0.3 is 15.2 Å². The number of nitrogens with one attached hydrogen (secondary N) is 1. The summed E-state index contributed by atoms with van der Waals surface area (Å²) in [6.07, 6.45) is 2.06. The summed E-state index contributed by atoms with van der Waals surface area (Å²) in [4.78, 5) is 10.6. The normalized spacial score (nSPS) is 10.1. The number of carboxylic acids is 1. The van der Waals surface area contributed by atoms with Crippen LogP contribution in [0.2, 0.25) is 0 Å². The second-order valence-corrected chi connectivity index (χ2v) is 3.49. The van der Waals surface area contributed by atoms with Crippen molar-refractivity contribution in [1.82, 2.24) is 5.32 Å². The van der Waals surface area contributed by atoms with E-state index >= 15 is 0 Å². The lowest BCUT2D eigenvalue weighted by molar-refractivity contribution is 0.0697. The summed E-state index contributed by atoms with van der Waals surface area (Å²) in [5, 5.41) is 11.8. The Hall–Kier alpha value is -1.55. The van der Waals surface area contributed by atoms with E-state index in [1.54, 1.807) is 24.3 Å². The van der Waals surface area contributed by atoms with Crippen molar-refractivity contribution in [3.05, 3.63) is 29.8 Å². The van der Waals surface area contributed by atoms with Gasteiger partial charge in [-0.15, -0.1) is 0 Å². The number of carbonyl (C=O) groups is 1. The summed E-state index contributed by atoms with van der Waals surface area (Å²) < 4.78 is 5.47. The summed E-state index contributed by atoms with van der Waals surface area (Å²) in [5.41, 5.74) is 0.280. The third kappa shape index (κ3) is 4.31. The molecule has 0 saturated carbocycles. The molecular weight excluding hydrogens is 206 g/mol. The Morgan fingerprint density at radius 3 is 2.56 bits per heavy atom. The SMILES string of the molecule is CNCCCCOc1ccc(C(=O)O)cc1. The average molecular weight is 223 g/mol. The van der Waals surface area contributed by atoms with Crippen LogP contribution in [0.3, 0.4) is 0 Å². The molecule has 0 heterocycles. The Labute approximate surface area is 95.2 Å². The Morgan fingerprint density at radius 2 is 2.00 bits per heavy atom. The minimum absolute atomic E-state index is 0.280. The fourth-order valence-corrected chi connectivity index (χ4v) is 1.29. The van der Waals surface area contributed by atoms with Crippen molar-refractivity contribution in [3.63, 3.8) is 0 Å². The molecule has 0 amide bonds. The second-order valence-electron chi connectivity index (χ2n) is 3.49. The van der Waals surface area contributed by atoms with Crippen LogP contribution < -0.4 is 10.1 Å². The zero-order valence-corrected chi connectivity index (χ0v) is 9.40. The quantitative estimate of drug-likeness (QED) is 0.691. The molecule has 0 fully saturated rings. The number of hydrogen-bond donors (Lipinski definition) is 2. The Bertz CT molecular complexity index is 322. The Kier molecular flexibility index (Phi) is 5.36. The van der Waals surface area contributed by atoms with Crippen LogP contribution in [0, 0.1) is 0 Å². The average Bonchev–Trinajstić information content (AvgIpc) is 2.29.